The number of nitrogens with one attached hydrogen (secondary N) is 1. The Hall–Kier alpha value is -3.61. The number of aromatic nitrogens is 6. The van der Waals surface area contributed by atoms with Crippen LogP contribution in [0.3, 0.4) is 0 Å². The van der Waals surface area contributed by atoms with Crippen molar-refractivity contribution < 1.29 is 14.7 Å². The summed E-state index contributed by atoms with van der Waals surface area (Å²) in [4.78, 5) is 30.9. The van der Waals surface area contributed by atoms with E-state index in [0.717, 1.165) is 0 Å². The maximum absolute atomic E-state index is 13.6. The van der Waals surface area contributed by atoms with Crippen LogP contribution in [0.4, 0.5) is 11.6 Å². The van der Waals surface area contributed by atoms with Crippen LogP contribution in [0.2, 0.25) is 5.02 Å². The summed E-state index contributed by atoms with van der Waals surface area (Å²) in [5.41, 5.74) is 5.29. The molecule has 0 radical (unpaired) electrons. The molecule has 5 rings (SSSR count). The Balaban J connectivity index is 1.61. The van der Waals surface area contributed by atoms with Gasteiger partial charge in [0.1, 0.15) is 29.4 Å². The summed E-state index contributed by atoms with van der Waals surface area (Å²) in [5, 5.41) is 27.5. The maximum Gasteiger partial charge on any atom is 0.265 e. The van der Waals surface area contributed by atoms with Crippen LogP contribution in [0.5, 0.6) is 0 Å². The Kier molecular flexibility index (Phi) is 5.66. The van der Waals surface area contributed by atoms with Crippen LogP contribution in [-0.2, 0) is 0 Å². The van der Waals surface area contributed by atoms with Gasteiger partial charge in [-0.1, -0.05) is 22.8 Å². The van der Waals surface area contributed by atoms with E-state index in [1.165, 1.54) is 10.9 Å². The molecule has 1 atom stereocenters. The van der Waals surface area contributed by atoms with E-state index in [1.54, 1.807) is 25.1 Å². The lowest BCUT2D eigenvalue weighted by atomic mass is 9.76. The smallest absolute Gasteiger partial charge is 0.265 e. The van der Waals surface area contributed by atoms with E-state index in [0.29, 0.717) is 28.5 Å². The minimum Gasteiger partial charge on any atom is -0.393 e. The van der Waals surface area contributed by atoms with Gasteiger partial charge in [0, 0.05) is 6.04 Å². The Morgan fingerprint density at radius 3 is 2.80 bits per heavy atom. The van der Waals surface area contributed by atoms with Gasteiger partial charge in [0.25, 0.3) is 11.4 Å². The number of aryl methyl sites for hydroxylation is 1. The number of nitrogens with two attached hydrogens (primary N) is 1. The lowest BCUT2D eigenvalue weighted by Crippen LogP contribution is -2.50. The predicted molar refractivity (Wildman–Crippen MR) is 128 cm³/mol. The number of hydrogen-bond donors (Lipinski definition) is 4. The number of anilines is 2. The summed E-state index contributed by atoms with van der Waals surface area (Å²) in [7, 11) is 0. The average molecular weight is 499 g/mol. The van der Waals surface area contributed by atoms with E-state index in [-0.39, 0.29) is 46.6 Å². The number of nitrogen functional groups attached to an aromatic ring is 1. The highest BCUT2D eigenvalue weighted by molar-refractivity contribution is 6.35. The molecule has 35 heavy (non-hydrogen) atoms. The van der Waals surface area contributed by atoms with Gasteiger partial charge in [-0.2, -0.15) is 4.98 Å². The molecule has 1 saturated carbocycles. The number of aliphatic hydroxyl groups excluding tert-OH is 1. The van der Waals surface area contributed by atoms with Crippen molar-refractivity contribution in [1.82, 2.24) is 29.7 Å². The number of benzene rings is 1. The van der Waals surface area contributed by atoms with Gasteiger partial charge in [-0.15, -0.1) is 0 Å². The predicted octanol–water partition coefficient (Wildman–Crippen LogP) is 2.01. The van der Waals surface area contributed by atoms with Crippen molar-refractivity contribution in [3.8, 4) is 11.5 Å². The molecule has 0 amide bonds. The summed E-state index contributed by atoms with van der Waals surface area (Å²) < 4.78 is 6.80. The fraction of sp³-hybridized carbons (Fsp3) is 0.364. The van der Waals surface area contributed by atoms with Crippen molar-refractivity contribution in [2.45, 2.75) is 44.4 Å². The van der Waals surface area contributed by atoms with Crippen molar-refractivity contribution in [3.63, 3.8) is 0 Å². The second-order valence-corrected chi connectivity index (χ2v) is 9.13. The third-order valence-electron chi connectivity index (χ3n) is 6.16. The van der Waals surface area contributed by atoms with E-state index >= 15 is 0 Å². The number of rotatable bonds is 6. The molecule has 1 fully saturated rings. The van der Waals surface area contributed by atoms with Gasteiger partial charge < -0.3 is 25.8 Å². The van der Waals surface area contributed by atoms with Crippen molar-refractivity contribution in [3.05, 3.63) is 51.6 Å². The standard InChI is InChI=1S/C22H23ClN8O4/c1-10(27-18-16(17(24)25-9-26-18)20-28-11(2)30-35-20)19-29-14-5-3-4-13(23)15(14)21(33)31(19)12-6-22(34,7-12)8-32/h3-5,9-10,12,32,34H,6-8H2,1-2H3,(H3,24,25,26,27)/t10-,12?,22?/m0/s1. The first kappa shape index (κ1) is 23.1. The summed E-state index contributed by atoms with van der Waals surface area (Å²) in [6.07, 6.45) is 1.70. The van der Waals surface area contributed by atoms with Crippen LogP contribution < -0.4 is 16.6 Å². The Morgan fingerprint density at radius 1 is 1.34 bits per heavy atom. The molecule has 1 aromatic carbocycles. The van der Waals surface area contributed by atoms with Crippen LogP contribution in [0.1, 0.15) is 43.5 Å². The van der Waals surface area contributed by atoms with E-state index in [1.807, 2.05) is 6.92 Å². The molecule has 0 spiro atoms. The molecule has 0 saturated heterocycles. The number of aliphatic hydroxyl groups is 2. The van der Waals surface area contributed by atoms with Gasteiger partial charge in [0.05, 0.1) is 34.2 Å². The number of hydrogen-bond acceptors (Lipinski definition) is 11. The first-order valence-corrected chi connectivity index (χ1v) is 11.3. The summed E-state index contributed by atoms with van der Waals surface area (Å²) >= 11 is 6.34. The number of nitrogens with zero attached hydrogens (tertiary/aromatic N) is 6. The van der Waals surface area contributed by atoms with Gasteiger partial charge in [-0.3, -0.25) is 9.36 Å². The first-order chi connectivity index (χ1) is 16.7. The molecule has 3 aromatic heterocycles. The molecule has 12 nitrogen and oxygen atoms in total. The van der Waals surface area contributed by atoms with Crippen LogP contribution in [0.15, 0.2) is 33.8 Å². The lowest BCUT2D eigenvalue weighted by Gasteiger charge is -2.44. The Morgan fingerprint density at radius 2 is 2.11 bits per heavy atom. The third-order valence-corrected chi connectivity index (χ3v) is 6.47. The fourth-order valence-corrected chi connectivity index (χ4v) is 4.64. The molecule has 0 unspecified atom stereocenters. The molecule has 3 heterocycles. The quantitative estimate of drug-likeness (QED) is 0.305. The Bertz CT molecular complexity index is 1480. The zero-order valence-electron chi connectivity index (χ0n) is 18.9. The molecule has 182 valence electrons. The lowest BCUT2D eigenvalue weighted by molar-refractivity contribution is -0.103. The van der Waals surface area contributed by atoms with E-state index in [4.69, 9.17) is 26.8 Å². The van der Waals surface area contributed by atoms with Crippen molar-refractivity contribution >= 4 is 34.1 Å². The zero-order chi connectivity index (χ0) is 24.9. The van der Waals surface area contributed by atoms with Crippen LogP contribution in [-0.4, -0.2) is 52.1 Å². The van der Waals surface area contributed by atoms with E-state index in [9.17, 15) is 15.0 Å². The molecule has 0 bridgehead atoms. The number of halogens is 1. The van der Waals surface area contributed by atoms with Crippen LogP contribution >= 0.6 is 11.6 Å². The molecule has 5 N–H and O–H groups in total. The minimum absolute atomic E-state index is 0.140. The molecule has 0 aliphatic heterocycles. The van der Waals surface area contributed by atoms with Crippen LogP contribution in [0, 0.1) is 6.92 Å². The Labute approximate surface area is 203 Å². The van der Waals surface area contributed by atoms with Gasteiger partial charge in [-0.25, -0.2) is 15.0 Å². The normalized spacial score (nSPS) is 20.5. The average Bonchev–Trinajstić information content (AvgIpc) is 3.22. The van der Waals surface area contributed by atoms with Crippen molar-refractivity contribution in [2.75, 3.05) is 17.7 Å². The third kappa shape index (κ3) is 3.99. The van der Waals surface area contributed by atoms with Gasteiger partial charge in [0.15, 0.2) is 5.82 Å². The van der Waals surface area contributed by atoms with Gasteiger partial charge >= 0.3 is 0 Å². The molecule has 4 aromatic rings. The highest BCUT2D eigenvalue weighted by Crippen LogP contribution is 2.42. The SMILES string of the molecule is Cc1noc(-c2c(N)ncnc2N[C@@H](C)c2nc3cccc(Cl)c3c(=O)n2C2CC(O)(CO)C2)n1. The second kappa shape index (κ2) is 8.56. The van der Waals surface area contributed by atoms with Gasteiger partial charge in [-0.05, 0) is 38.8 Å². The second-order valence-electron chi connectivity index (χ2n) is 8.72. The van der Waals surface area contributed by atoms with Crippen LogP contribution in [0.25, 0.3) is 22.4 Å². The first-order valence-electron chi connectivity index (χ1n) is 10.9. The maximum atomic E-state index is 13.6. The monoisotopic (exact) mass is 498 g/mol. The van der Waals surface area contributed by atoms with E-state index in [2.05, 4.69) is 25.4 Å². The molecule has 1 aliphatic carbocycles. The van der Waals surface area contributed by atoms with Gasteiger partial charge in [0.2, 0.25) is 0 Å². The summed E-state index contributed by atoms with van der Waals surface area (Å²) in [5.74, 6) is 1.44. The molecule has 13 heteroatoms. The molecular weight excluding hydrogens is 476 g/mol. The summed E-state index contributed by atoms with van der Waals surface area (Å²) in [6.45, 7) is 3.10. The fourth-order valence-electron chi connectivity index (χ4n) is 4.39. The molecule has 1 aliphatic rings. The van der Waals surface area contributed by atoms with E-state index < -0.39 is 18.2 Å². The largest absolute Gasteiger partial charge is 0.393 e. The highest BCUT2D eigenvalue weighted by atomic mass is 35.5. The zero-order valence-corrected chi connectivity index (χ0v) is 19.7. The summed E-state index contributed by atoms with van der Waals surface area (Å²) in [6, 6.07) is 4.14. The molecular formula is C22H23ClN8O4. The highest BCUT2D eigenvalue weighted by Gasteiger charge is 2.45. The number of fused-ring (bicyclic) bond motifs is 1. The van der Waals surface area contributed by atoms with Crippen molar-refractivity contribution in [2.24, 2.45) is 0 Å². The topological polar surface area (TPSA) is 178 Å². The minimum atomic E-state index is -1.24. The van der Waals surface area contributed by atoms with Crippen molar-refractivity contribution in [1.29, 1.82) is 0 Å².